The molecule has 1 rings (SSSR count). The Hall–Kier alpha value is -1.26. The second-order valence-corrected chi connectivity index (χ2v) is 4.57. The van der Waals surface area contributed by atoms with Crippen LogP contribution in [-0.2, 0) is 4.79 Å². The predicted octanol–water partition coefficient (Wildman–Crippen LogP) is 1.15. The molecule has 0 aromatic heterocycles. The molecule has 16 heavy (non-hydrogen) atoms. The van der Waals surface area contributed by atoms with Crippen LogP contribution in [0.5, 0.6) is 0 Å². The molecule has 1 aliphatic heterocycles. The molecule has 1 unspecified atom stereocenters. The number of carbonyl (C=O) groups is 2. The van der Waals surface area contributed by atoms with Crippen LogP contribution in [0.4, 0.5) is 4.79 Å². The average Bonchev–Trinajstić information content (AvgIpc) is 2.18. The fourth-order valence-electron chi connectivity index (χ4n) is 1.63. The van der Waals surface area contributed by atoms with Gasteiger partial charge < -0.3 is 15.3 Å². The van der Waals surface area contributed by atoms with Crippen LogP contribution in [-0.4, -0.2) is 41.6 Å². The van der Waals surface area contributed by atoms with Crippen molar-refractivity contribution in [2.24, 2.45) is 11.8 Å². The Morgan fingerprint density at radius 1 is 1.50 bits per heavy atom. The molecule has 0 aromatic rings. The van der Waals surface area contributed by atoms with Gasteiger partial charge in [0.05, 0.1) is 6.42 Å². The second-order valence-electron chi connectivity index (χ2n) is 4.57. The minimum Gasteiger partial charge on any atom is -0.481 e. The lowest BCUT2D eigenvalue weighted by molar-refractivity contribution is -0.139. The molecule has 0 spiro atoms. The molecule has 0 aromatic carbocycles. The van der Waals surface area contributed by atoms with Crippen molar-refractivity contribution in [2.75, 3.05) is 19.6 Å². The number of urea groups is 1. The molecular weight excluding hydrogens is 208 g/mol. The number of carboxylic acids is 1. The van der Waals surface area contributed by atoms with E-state index in [-0.39, 0.29) is 18.4 Å². The van der Waals surface area contributed by atoms with Gasteiger partial charge in [0, 0.05) is 25.6 Å². The van der Waals surface area contributed by atoms with Gasteiger partial charge >= 0.3 is 12.0 Å². The fourth-order valence-corrected chi connectivity index (χ4v) is 1.63. The van der Waals surface area contributed by atoms with E-state index >= 15 is 0 Å². The summed E-state index contributed by atoms with van der Waals surface area (Å²) in [5, 5.41) is 11.4. The molecular formula is C11H20N2O3. The summed E-state index contributed by atoms with van der Waals surface area (Å²) in [6.45, 7) is 6.00. The lowest BCUT2D eigenvalue weighted by Crippen LogP contribution is -2.54. The van der Waals surface area contributed by atoms with E-state index in [1.807, 2.05) is 0 Å². The molecule has 0 radical (unpaired) electrons. The van der Waals surface area contributed by atoms with Crippen LogP contribution in [0.15, 0.2) is 0 Å². The molecule has 1 saturated heterocycles. The van der Waals surface area contributed by atoms with Crippen molar-refractivity contribution in [3.05, 3.63) is 0 Å². The first-order valence-corrected chi connectivity index (χ1v) is 5.77. The topological polar surface area (TPSA) is 69.6 Å². The van der Waals surface area contributed by atoms with Crippen molar-refractivity contribution in [1.82, 2.24) is 10.2 Å². The van der Waals surface area contributed by atoms with E-state index in [2.05, 4.69) is 19.2 Å². The highest BCUT2D eigenvalue weighted by atomic mass is 16.4. The molecule has 2 amide bonds. The summed E-state index contributed by atoms with van der Waals surface area (Å²) in [6, 6.07) is -0.0676. The highest BCUT2D eigenvalue weighted by Crippen LogP contribution is 2.18. The highest BCUT2D eigenvalue weighted by Gasteiger charge is 2.31. The van der Waals surface area contributed by atoms with Gasteiger partial charge in [-0.15, -0.1) is 0 Å². The Morgan fingerprint density at radius 2 is 2.12 bits per heavy atom. The minimum atomic E-state index is -0.787. The van der Waals surface area contributed by atoms with Gasteiger partial charge in [-0.25, -0.2) is 4.79 Å². The van der Waals surface area contributed by atoms with Gasteiger partial charge in [0.1, 0.15) is 0 Å². The van der Waals surface area contributed by atoms with Crippen LogP contribution in [0.1, 0.15) is 26.7 Å². The van der Waals surface area contributed by atoms with E-state index in [0.29, 0.717) is 25.6 Å². The molecule has 1 aliphatic rings. The Bertz CT molecular complexity index is 262. The van der Waals surface area contributed by atoms with Gasteiger partial charge in [0.2, 0.25) is 0 Å². The van der Waals surface area contributed by atoms with Gasteiger partial charge in [-0.3, -0.25) is 4.79 Å². The maximum absolute atomic E-state index is 11.5. The Balaban J connectivity index is 2.14. The van der Waals surface area contributed by atoms with Crippen LogP contribution in [0, 0.1) is 11.8 Å². The van der Waals surface area contributed by atoms with Gasteiger partial charge in [0.15, 0.2) is 0 Å². The summed E-state index contributed by atoms with van der Waals surface area (Å²) in [7, 11) is 0. The van der Waals surface area contributed by atoms with Gasteiger partial charge in [-0.05, 0) is 5.92 Å². The first-order valence-electron chi connectivity index (χ1n) is 5.77. The summed E-state index contributed by atoms with van der Waals surface area (Å²) in [5.74, 6) is -0.170. The SMILES string of the molecule is CCC(C)CNC(=O)N1CC(CC(=O)O)C1. The van der Waals surface area contributed by atoms with E-state index in [1.54, 1.807) is 4.90 Å². The van der Waals surface area contributed by atoms with E-state index < -0.39 is 5.97 Å². The normalized spacial score (nSPS) is 17.8. The van der Waals surface area contributed by atoms with Crippen LogP contribution in [0.3, 0.4) is 0 Å². The fraction of sp³-hybridized carbons (Fsp3) is 0.818. The zero-order valence-corrected chi connectivity index (χ0v) is 9.90. The first kappa shape index (κ1) is 12.8. The quantitative estimate of drug-likeness (QED) is 0.741. The number of carbonyl (C=O) groups excluding carboxylic acids is 1. The summed E-state index contributed by atoms with van der Waals surface area (Å²) >= 11 is 0. The van der Waals surface area contributed by atoms with Crippen LogP contribution < -0.4 is 5.32 Å². The predicted molar refractivity (Wildman–Crippen MR) is 60.2 cm³/mol. The number of amides is 2. The molecule has 0 aliphatic carbocycles. The highest BCUT2D eigenvalue weighted by molar-refractivity contribution is 5.75. The number of carboxylic acid groups (broad SMARTS) is 1. The smallest absolute Gasteiger partial charge is 0.317 e. The lowest BCUT2D eigenvalue weighted by Gasteiger charge is -2.38. The molecule has 5 nitrogen and oxygen atoms in total. The molecule has 5 heteroatoms. The number of aliphatic carboxylic acids is 1. The summed E-state index contributed by atoms with van der Waals surface area (Å²) in [6.07, 6.45) is 1.21. The van der Waals surface area contributed by atoms with Crippen LogP contribution in [0.25, 0.3) is 0 Å². The van der Waals surface area contributed by atoms with Crippen molar-refractivity contribution < 1.29 is 14.7 Å². The zero-order chi connectivity index (χ0) is 12.1. The van der Waals surface area contributed by atoms with E-state index in [0.717, 1.165) is 6.42 Å². The van der Waals surface area contributed by atoms with Crippen molar-refractivity contribution in [2.45, 2.75) is 26.7 Å². The summed E-state index contributed by atoms with van der Waals surface area (Å²) < 4.78 is 0. The molecule has 1 atom stereocenters. The molecule has 1 heterocycles. The summed E-state index contributed by atoms with van der Waals surface area (Å²) in [5.41, 5.74) is 0. The second kappa shape index (κ2) is 5.72. The Kier molecular flexibility index (Phi) is 4.58. The monoisotopic (exact) mass is 228 g/mol. The van der Waals surface area contributed by atoms with E-state index in [1.165, 1.54) is 0 Å². The number of likely N-dealkylation sites (tertiary alicyclic amines) is 1. The molecule has 2 N–H and O–H groups in total. The number of nitrogens with zero attached hydrogens (tertiary/aromatic N) is 1. The third-order valence-electron chi connectivity index (χ3n) is 3.01. The minimum absolute atomic E-state index is 0.0676. The number of nitrogens with one attached hydrogen (secondary N) is 1. The average molecular weight is 228 g/mol. The Morgan fingerprint density at radius 3 is 2.62 bits per heavy atom. The largest absolute Gasteiger partial charge is 0.481 e. The van der Waals surface area contributed by atoms with E-state index in [4.69, 9.17) is 5.11 Å². The van der Waals surface area contributed by atoms with Gasteiger partial charge in [-0.1, -0.05) is 20.3 Å². The van der Waals surface area contributed by atoms with Crippen molar-refractivity contribution >= 4 is 12.0 Å². The van der Waals surface area contributed by atoms with Crippen molar-refractivity contribution in [3.63, 3.8) is 0 Å². The molecule has 92 valence electrons. The number of hydrogen-bond donors (Lipinski definition) is 2. The Labute approximate surface area is 95.8 Å². The first-order chi connectivity index (χ1) is 7.52. The van der Waals surface area contributed by atoms with E-state index in [9.17, 15) is 9.59 Å². The van der Waals surface area contributed by atoms with Crippen LogP contribution in [0.2, 0.25) is 0 Å². The maximum atomic E-state index is 11.5. The van der Waals surface area contributed by atoms with Crippen LogP contribution >= 0.6 is 0 Å². The molecule has 0 bridgehead atoms. The standard InChI is InChI=1S/C11H20N2O3/c1-3-8(2)5-12-11(16)13-6-9(7-13)4-10(14)15/h8-9H,3-7H2,1-2H3,(H,12,16)(H,14,15). The summed E-state index contributed by atoms with van der Waals surface area (Å²) in [4.78, 5) is 23.6. The lowest BCUT2D eigenvalue weighted by atomic mass is 9.97. The number of rotatable bonds is 5. The van der Waals surface area contributed by atoms with Gasteiger partial charge in [-0.2, -0.15) is 0 Å². The molecule has 0 saturated carbocycles. The maximum Gasteiger partial charge on any atom is 0.317 e. The van der Waals surface area contributed by atoms with Crippen molar-refractivity contribution in [1.29, 1.82) is 0 Å². The third kappa shape index (κ3) is 3.72. The van der Waals surface area contributed by atoms with Crippen molar-refractivity contribution in [3.8, 4) is 0 Å². The zero-order valence-electron chi connectivity index (χ0n) is 9.90. The molecule has 1 fully saturated rings. The third-order valence-corrected chi connectivity index (χ3v) is 3.01. The number of hydrogen-bond acceptors (Lipinski definition) is 2. The van der Waals surface area contributed by atoms with Gasteiger partial charge in [0.25, 0.3) is 0 Å².